The Morgan fingerprint density at radius 3 is 1.95 bits per heavy atom. The normalized spacial score (nSPS) is 11.7. The van der Waals surface area contributed by atoms with Crippen LogP contribution in [0.4, 0.5) is 17.1 Å². The zero-order chi connectivity index (χ0) is 38.9. The van der Waals surface area contributed by atoms with Crippen molar-refractivity contribution >= 4 is 82.3 Å². The summed E-state index contributed by atoms with van der Waals surface area (Å²) in [7, 11) is 0. The molecule has 2 heterocycles. The molecule has 0 amide bonds. The monoisotopic (exact) mass is 753 g/mol. The summed E-state index contributed by atoms with van der Waals surface area (Å²) in [4.78, 5) is 7.31. The molecule has 12 rings (SSSR count). The van der Waals surface area contributed by atoms with Crippen molar-refractivity contribution in [3.63, 3.8) is 0 Å². The lowest BCUT2D eigenvalue weighted by Crippen LogP contribution is -2.10. The highest BCUT2D eigenvalue weighted by atomic mass is 16.3. The summed E-state index contributed by atoms with van der Waals surface area (Å²) >= 11 is 0. The Hall–Kier alpha value is -7.95. The molecule has 276 valence electrons. The highest BCUT2D eigenvalue weighted by Gasteiger charge is 2.23. The van der Waals surface area contributed by atoms with Crippen molar-refractivity contribution < 1.29 is 4.42 Å². The number of hydrogen-bond donors (Lipinski definition) is 0. The number of anilines is 3. The van der Waals surface area contributed by atoms with Crippen LogP contribution in [0.5, 0.6) is 0 Å². The summed E-state index contributed by atoms with van der Waals surface area (Å²) < 4.78 is 9.14. The van der Waals surface area contributed by atoms with Crippen molar-refractivity contribution in [3.8, 4) is 28.3 Å². The van der Waals surface area contributed by atoms with Crippen LogP contribution >= 0.6 is 0 Å². The molecule has 10 aromatic carbocycles. The second kappa shape index (κ2) is 13.3. The molecule has 4 nitrogen and oxygen atoms in total. The van der Waals surface area contributed by atoms with Gasteiger partial charge in [-0.3, -0.25) is 0 Å². The van der Waals surface area contributed by atoms with Gasteiger partial charge in [0.15, 0.2) is 5.58 Å². The average Bonchev–Trinajstić information content (AvgIpc) is 3.91. The molecule has 59 heavy (non-hydrogen) atoms. The van der Waals surface area contributed by atoms with E-state index in [1.165, 1.54) is 59.7 Å². The number of oxazole rings is 1. The van der Waals surface area contributed by atoms with E-state index in [-0.39, 0.29) is 0 Å². The molecule has 0 radical (unpaired) electrons. The first kappa shape index (κ1) is 33.2. The lowest BCUT2D eigenvalue weighted by Gasteiger charge is -2.26. The Morgan fingerprint density at radius 2 is 1.08 bits per heavy atom. The summed E-state index contributed by atoms with van der Waals surface area (Å²) in [5.41, 5.74) is 11.3. The molecule has 4 heteroatoms. The largest absolute Gasteiger partial charge is 0.434 e. The lowest BCUT2D eigenvalue weighted by atomic mass is 9.94. The van der Waals surface area contributed by atoms with Crippen LogP contribution in [0.15, 0.2) is 217 Å². The number of nitrogens with zero attached hydrogens (tertiary/aromatic N) is 3. The minimum Gasteiger partial charge on any atom is -0.434 e. The van der Waals surface area contributed by atoms with Crippen molar-refractivity contribution in [1.82, 2.24) is 9.55 Å². The van der Waals surface area contributed by atoms with Gasteiger partial charge in [0.1, 0.15) is 5.52 Å². The Kier molecular flexibility index (Phi) is 7.50. The Labute approximate surface area is 340 Å². The molecule has 2 aromatic heterocycles. The van der Waals surface area contributed by atoms with Crippen LogP contribution in [0, 0.1) is 0 Å². The number of fused-ring (bicyclic) bond motifs is 9. The highest BCUT2D eigenvalue weighted by molar-refractivity contribution is 6.24. The zero-order valence-electron chi connectivity index (χ0n) is 32.0. The summed E-state index contributed by atoms with van der Waals surface area (Å²) in [6, 6.07) is 75.8. The van der Waals surface area contributed by atoms with E-state index >= 15 is 0 Å². The third-order valence-corrected chi connectivity index (χ3v) is 11.7. The molecule has 12 aromatic rings. The van der Waals surface area contributed by atoms with Crippen LogP contribution in [0.1, 0.15) is 0 Å². The molecular weight excluding hydrogens is 719 g/mol. The van der Waals surface area contributed by atoms with Gasteiger partial charge >= 0.3 is 0 Å². The summed E-state index contributed by atoms with van der Waals surface area (Å²) in [6.07, 6.45) is 0. The average molecular weight is 754 g/mol. The van der Waals surface area contributed by atoms with Crippen LogP contribution in [-0.2, 0) is 0 Å². The number of benzene rings is 10. The van der Waals surface area contributed by atoms with Gasteiger partial charge in [0.05, 0.1) is 16.7 Å². The summed E-state index contributed by atoms with van der Waals surface area (Å²) in [5.74, 6) is 0.597. The van der Waals surface area contributed by atoms with Gasteiger partial charge in [-0.15, -0.1) is 0 Å². The van der Waals surface area contributed by atoms with E-state index in [0.29, 0.717) is 5.89 Å². The molecule has 0 saturated carbocycles. The van der Waals surface area contributed by atoms with Crippen molar-refractivity contribution in [3.05, 3.63) is 212 Å². The van der Waals surface area contributed by atoms with E-state index in [2.05, 4.69) is 185 Å². The molecule has 0 aliphatic carbocycles. The predicted octanol–water partition coefficient (Wildman–Crippen LogP) is 15.2. The second-order valence-electron chi connectivity index (χ2n) is 15.1. The maximum Gasteiger partial charge on any atom is 0.227 e. The Balaban J connectivity index is 1.12. The van der Waals surface area contributed by atoms with Crippen LogP contribution in [-0.4, -0.2) is 9.55 Å². The smallest absolute Gasteiger partial charge is 0.227 e. The SMILES string of the molecule is c1ccc(-c2nc3cccc(N(c4cccc(-c5cc6ccccc6c6c5c5ccccc5n6-c5ccccc5)c4)c4ccc5c(ccc6ccccc65)c4)c3o2)cc1. The molecule has 0 aliphatic rings. The summed E-state index contributed by atoms with van der Waals surface area (Å²) in [6.45, 7) is 0. The van der Waals surface area contributed by atoms with Crippen LogP contribution in [0.25, 0.3) is 93.5 Å². The molecule has 0 unspecified atom stereocenters. The van der Waals surface area contributed by atoms with Gasteiger partial charge in [-0.2, -0.15) is 0 Å². The molecule has 0 bridgehead atoms. The van der Waals surface area contributed by atoms with E-state index in [1.54, 1.807) is 0 Å². The molecule has 0 spiro atoms. The van der Waals surface area contributed by atoms with Gasteiger partial charge in [-0.1, -0.05) is 140 Å². The van der Waals surface area contributed by atoms with Crippen LogP contribution < -0.4 is 4.90 Å². The van der Waals surface area contributed by atoms with Crippen molar-refractivity contribution in [2.75, 3.05) is 4.90 Å². The lowest BCUT2D eigenvalue weighted by molar-refractivity contribution is 0.620. The fraction of sp³-hybridized carbons (Fsp3) is 0. The van der Waals surface area contributed by atoms with E-state index in [0.717, 1.165) is 45.0 Å². The van der Waals surface area contributed by atoms with Gasteiger partial charge in [0.2, 0.25) is 5.89 Å². The molecule has 0 aliphatic heterocycles. The number of aromatic nitrogens is 2. The molecule has 0 saturated heterocycles. The number of rotatable bonds is 6. The van der Waals surface area contributed by atoms with Crippen molar-refractivity contribution in [2.24, 2.45) is 0 Å². The fourth-order valence-electron chi connectivity index (χ4n) is 9.10. The van der Waals surface area contributed by atoms with E-state index in [4.69, 9.17) is 9.40 Å². The second-order valence-corrected chi connectivity index (χ2v) is 15.1. The molecule has 0 atom stereocenters. The molecular formula is C55H35N3O. The highest BCUT2D eigenvalue weighted by Crippen LogP contribution is 2.46. The third kappa shape index (κ3) is 5.34. The van der Waals surface area contributed by atoms with Gasteiger partial charge in [0.25, 0.3) is 0 Å². The van der Waals surface area contributed by atoms with E-state index in [9.17, 15) is 0 Å². The number of para-hydroxylation sites is 3. The first-order chi connectivity index (χ1) is 29.3. The van der Waals surface area contributed by atoms with Gasteiger partial charge in [-0.05, 0) is 111 Å². The Bertz CT molecular complexity index is 3570. The standard InChI is InChI=1S/C55H35N3O/c1-3-16-37(17-4-1)55-56-49-26-14-28-51(54(49)59-55)57(43-31-32-45-40(34-43)30-29-36-15-7-9-23-44(36)45)42-22-13-19-38(33-42)48-35-39-18-8-10-24-46(39)53-52(48)47-25-11-12-27-50(47)58(53)41-20-5-2-6-21-41/h1-35H. The van der Waals surface area contributed by atoms with Gasteiger partial charge in [0, 0.05) is 38.8 Å². The van der Waals surface area contributed by atoms with Crippen molar-refractivity contribution in [1.29, 1.82) is 0 Å². The topological polar surface area (TPSA) is 34.2 Å². The van der Waals surface area contributed by atoms with E-state index < -0.39 is 0 Å². The maximum absolute atomic E-state index is 6.71. The molecule has 0 N–H and O–H groups in total. The van der Waals surface area contributed by atoms with Crippen molar-refractivity contribution in [2.45, 2.75) is 0 Å². The van der Waals surface area contributed by atoms with Crippen LogP contribution in [0.3, 0.4) is 0 Å². The summed E-state index contributed by atoms with van der Waals surface area (Å²) in [5, 5.41) is 9.72. The first-order valence-corrected chi connectivity index (χ1v) is 20.0. The zero-order valence-corrected chi connectivity index (χ0v) is 32.0. The fourth-order valence-corrected chi connectivity index (χ4v) is 9.10. The first-order valence-electron chi connectivity index (χ1n) is 20.0. The van der Waals surface area contributed by atoms with Crippen LogP contribution in [0.2, 0.25) is 0 Å². The predicted molar refractivity (Wildman–Crippen MR) is 246 cm³/mol. The minimum atomic E-state index is 0.597. The maximum atomic E-state index is 6.71. The van der Waals surface area contributed by atoms with E-state index in [1.807, 2.05) is 36.4 Å². The van der Waals surface area contributed by atoms with Gasteiger partial charge < -0.3 is 13.9 Å². The Morgan fingerprint density at radius 1 is 0.441 bits per heavy atom. The third-order valence-electron chi connectivity index (χ3n) is 11.7. The van der Waals surface area contributed by atoms with Gasteiger partial charge in [-0.25, -0.2) is 4.98 Å². The number of hydrogen-bond acceptors (Lipinski definition) is 3. The quantitative estimate of drug-likeness (QED) is 0.159. The minimum absolute atomic E-state index is 0.597. The molecule has 0 fully saturated rings.